The van der Waals surface area contributed by atoms with Crippen molar-refractivity contribution >= 4 is 23.5 Å². The third-order valence-corrected chi connectivity index (χ3v) is 6.67. The van der Waals surface area contributed by atoms with Crippen LogP contribution in [0, 0.1) is 5.92 Å². The molecule has 1 aromatic heterocycles. The average molecular weight is 441 g/mol. The Bertz CT molecular complexity index is 902. The Morgan fingerprint density at radius 2 is 1.81 bits per heavy atom. The van der Waals surface area contributed by atoms with E-state index in [-0.39, 0.29) is 11.9 Å². The quantitative estimate of drug-likeness (QED) is 0.673. The van der Waals surface area contributed by atoms with Crippen LogP contribution in [0.2, 0.25) is 5.02 Å². The van der Waals surface area contributed by atoms with Gasteiger partial charge in [0.15, 0.2) is 0 Å². The number of piperidine rings is 1. The second-order valence-electron chi connectivity index (χ2n) is 8.44. The lowest BCUT2D eigenvalue weighted by atomic mass is 9.91. The van der Waals surface area contributed by atoms with Crippen molar-refractivity contribution in [3.8, 4) is 0 Å². The summed E-state index contributed by atoms with van der Waals surface area (Å²) < 4.78 is 0. The molecule has 6 nitrogen and oxygen atoms in total. The number of likely N-dealkylation sites (tertiary alicyclic amines) is 1. The van der Waals surface area contributed by atoms with E-state index in [1.165, 1.54) is 5.56 Å². The molecule has 0 bridgehead atoms. The maximum atomic E-state index is 12.7. The van der Waals surface area contributed by atoms with Crippen molar-refractivity contribution < 1.29 is 9.59 Å². The van der Waals surface area contributed by atoms with Gasteiger partial charge in [-0.3, -0.25) is 9.78 Å². The van der Waals surface area contributed by atoms with E-state index in [9.17, 15) is 9.59 Å². The Hall–Kier alpha value is -2.60. The van der Waals surface area contributed by atoms with Gasteiger partial charge in [-0.05, 0) is 54.5 Å². The summed E-state index contributed by atoms with van der Waals surface area (Å²) in [6.07, 6.45) is 8.89. The first kappa shape index (κ1) is 21.6. The number of urea groups is 1. The average Bonchev–Trinajstić information content (AvgIpc) is 3.23. The van der Waals surface area contributed by atoms with Crippen LogP contribution in [-0.2, 0) is 13.1 Å². The van der Waals surface area contributed by atoms with Gasteiger partial charge in [0.25, 0.3) is 5.91 Å². The van der Waals surface area contributed by atoms with Crippen LogP contribution in [0.3, 0.4) is 0 Å². The van der Waals surface area contributed by atoms with Crippen molar-refractivity contribution in [3.63, 3.8) is 0 Å². The second-order valence-corrected chi connectivity index (χ2v) is 8.85. The highest BCUT2D eigenvalue weighted by Crippen LogP contribution is 2.25. The summed E-state index contributed by atoms with van der Waals surface area (Å²) in [6.45, 7) is 3.58. The fourth-order valence-corrected chi connectivity index (χ4v) is 4.67. The molecule has 1 fully saturated rings. The summed E-state index contributed by atoms with van der Waals surface area (Å²) in [7, 11) is 0. The molecule has 4 rings (SSSR count). The van der Waals surface area contributed by atoms with Gasteiger partial charge in [-0.1, -0.05) is 36.6 Å². The predicted molar refractivity (Wildman–Crippen MR) is 121 cm³/mol. The summed E-state index contributed by atoms with van der Waals surface area (Å²) in [5, 5.41) is 3.56. The minimum absolute atomic E-state index is 0.00240. The number of carbonyl (C=O) groups excluding carboxylic acids is 2. The van der Waals surface area contributed by atoms with Crippen LogP contribution in [0.4, 0.5) is 4.79 Å². The predicted octanol–water partition coefficient (Wildman–Crippen LogP) is 4.48. The molecule has 1 aromatic carbocycles. The third-order valence-electron chi connectivity index (χ3n) is 6.34. The van der Waals surface area contributed by atoms with Crippen molar-refractivity contribution in [1.29, 1.82) is 0 Å². The van der Waals surface area contributed by atoms with Crippen molar-refractivity contribution in [1.82, 2.24) is 20.1 Å². The van der Waals surface area contributed by atoms with Crippen LogP contribution in [0.15, 0.2) is 42.7 Å². The molecule has 3 heterocycles. The van der Waals surface area contributed by atoms with Crippen LogP contribution < -0.4 is 5.32 Å². The van der Waals surface area contributed by atoms with Gasteiger partial charge >= 0.3 is 6.03 Å². The fourth-order valence-electron chi connectivity index (χ4n) is 4.46. The molecule has 0 radical (unpaired) electrons. The monoisotopic (exact) mass is 440 g/mol. The Morgan fingerprint density at radius 3 is 2.58 bits per heavy atom. The second kappa shape index (κ2) is 10.1. The van der Waals surface area contributed by atoms with E-state index in [0.717, 1.165) is 50.8 Å². The molecule has 3 amide bonds. The molecule has 0 atom stereocenters. The van der Waals surface area contributed by atoms with Gasteiger partial charge in [-0.2, -0.15) is 0 Å². The fraction of sp³-hybridized carbons (Fsp3) is 0.458. The Balaban J connectivity index is 1.10. The topological polar surface area (TPSA) is 65.5 Å². The SMILES string of the molecule is O=C(NCCCCC1CCN(C(=O)c2ccccc2Cl)CC1)N1Cc2ccncc2C1. The molecule has 2 aliphatic rings. The summed E-state index contributed by atoms with van der Waals surface area (Å²) in [5.74, 6) is 0.679. The first-order valence-electron chi connectivity index (χ1n) is 11.1. The van der Waals surface area contributed by atoms with E-state index in [2.05, 4.69) is 10.3 Å². The molecular formula is C24H29ClN4O2. The van der Waals surface area contributed by atoms with Crippen molar-refractivity contribution in [2.24, 2.45) is 5.92 Å². The van der Waals surface area contributed by atoms with E-state index in [4.69, 9.17) is 11.6 Å². The molecule has 0 aliphatic carbocycles. The van der Waals surface area contributed by atoms with Crippen molar-refractivity contribution in [2.75, 3.05) is 19.6 Å². The van der Waals surface area contributed by atoms with Gasteiger partial charge in [0.05, 0.1) is 10.6 Å². The number of benzene rings is 1. The standard InChI is InChI=1S/C24H29ClN4O2/c25-22-7-2-1-6-21(22)23(30)28-13-9-18(10-14-28)5-3-4-11-27-24(31)29-16-19-8-12-26-15-20(19)17-29/h1-2,6-8,12,15,18H,3-5,9-11,13-14,16-17H2,(H,27,31). The number of amides is 3. The van der Waals surface area contributed by atoms with Gasteiger partial charge in [0, 0.05) is 45.1 Å². The summed E-state index contributed by atoms with van der Waals surface area (Å²) in [6, 6.07) is 9.24. The number of halogens is 1. The van der Waals surface area contributed by atoms with Crippen LogP contribution in [0.5, 0.6) is 0 Å². The number of fused-ring (bicyclic) bond motifs is 1. The van der Waals surface area contributed by atoms with E-state index < -0.39 is 0 Å². The number of nitrogens with zero attached hydrogens (tertiary/aromatic N) is 3. The first-order valence-corrected chi connectivity index (χ1v) is 11.5. The number of hydrogen-bond donors (Lipinski definition) is 1. The molecule has 2 aliphatic heterocycles. The number of rotatable bonds is 6. The largest absolute Gasteiger partial charge is 0.339 e. The zero-order valence-corrected chi connectivity index (χ0v) is 18.5. The van der Waals surface area contributed by atoms with E-state index in [0.29, 0.717) is 36.1 Å². The molecule has 2 aromatic rings. The Labute approximate surface area is 188 Å². The number of nitrogens with one attached hydrogen (secondary N) is 1. The number of carbonyl (C=O) groups is 2. The van der Waals surface area contributed by atoms with E-state index >= 15 is 0 Å². The maximum absolute atomic E-state index is 12.7. The Morgan fingerprint density at radius 1 is 1.03 bits per heavy atom. The molecule has 0 spiro atoms. The highest BCUT2D eigenvalue weighted by Gasteiger charge is 2.25. The lowest BCUT2D eigenvalue weighted by Crippen LogP contribution is -2.38. The van der Waals surface area contributed by atoms with Gasteiger partial charge in [-0.25, -0.2) is 4.79 Å². The summed E-state index contributed by atoms with van der Waals surface area (Å²) in [5.41, 5.74) is 2.91. The van der Waals surface area contributed by atoms with Gasteiger partial charge < -0.3 is 15.1 Å². The summed E-state index contributed by atoms with van der Waals surface area (Å²) in [4.78, 5) is 32.9. The number of pyridine rings is 1. The Kier molecular flexibility index (Phi) is 7.07. The minimum Gasteiger partial charge on any atom is -0.339 e. The van der Waals surface area contributed by atoms with E-state index in [1.54, 1.807) is 18.3 Å². The lowest BCUT2D eigenvalue weighted by Gasteiger charge is -2.32. The zero-order valence-electron chi connectivity index (χ0n) is 17.7. The van der Waals surface area contributed by atoms with Crippen LogP contribution >= 0.6 is 11.6 Å². The number of aromatic nitrogens is 1. The molecule has 7 heteroatoms. The highest BCUT2D eigenvalue weighted by molar-refractivity contribution is 6.33. The zero-order chi connectivity index (χ0) is 21.6. The highest BCUT2D eigenvalue weighted by atomic mass is 35.5. The molecular weight excluding hydrogens is 412 g/mol. The van der Waals surface area contributed by atoms with Crippen molar-refractivity contribution in [3.05, 3.63) is 64.4 Å². The maximum Gasteiger partial charge on any atom is 0.318 e. The lowest BCUT2D eigenvalue weighted by molar-refractivity contribution is 0.0686. The summed E-state index contributed by atoms with van der Waals surface area (Å²) >= 11 is 6.17. The molecule has 31 heavy (non-hydrogen) atoms. The van der Waals surface area contributed by atoms with Crippen molar-refractivity contribution in [2.45, 2.75) is 45.2 Å². The normalized spacial score (nSPS) is 16.3. The van der Waals surface area contributed by atoms with Gasteiger partial charge in [0.1, 0.15) is 0 Å². The number of hydrogen-bond acceptors (Lipinski definition) is 3. The molecule has 1 saturated heterocycles. The van der Waals surface area contributed by atoms with Crippen LogP contribution in [0.25, 0.3) is 0 Å². The number of unbranched alkanes of at least 4 members (excludes halogenated alkanes) is 1. The van der Waals surface area contributed by atoms with Crippen LogP contribution in [-0.4, -0.2) is 46.4 Å². The molecule has 164 valence electrons. The smallest absolute Gasteiger partial charge is 0.318 e. The minimum atomic E-state index is 0.00240. The van der Waals surface area contributed by atoms with Gasteiger partial charge in [0.2, 0.25) is 0 Å². The molecule has 0 saturated carbocycles. The molecule has 0 unspecified atom stereocenters. The van der Waals surface area contributed by atoms with E-state index in [1.807, 2.05) is 34.2 Å². The first-order chi connectivity index (χ1) is 15.1. The van der Waals surface area contributed by atoms with Crippen LogP contribution in [0.1, 0.15) is 53.6 Å². The molecule has 1 N–H and O–H groups in total. The van der Waals surface area contributed by atoms with Gasteiger partial charge in [-0.15, -0.1) is 0 Å². The third kappa shape index (κ3) is 5.37.